The Morgan fingerprint density at radius 1 is 0.818 bits per heavy atom. The van der Waals surface area contributed by atoms with Crippen LogP contribution in [0.25, 0.3) is 33.3 Å². The Morgan fingerprint density at radius 3 is 2.39 bits per heavy atom. The molecule has 7 heteroatoms. The quantitative estimate of drug-likeness (QED) is 0.378. The molecule has 166 valence electrons. The summed E-state index contributed by atoms with van der Waals surface area (Å²) >= 11 is 0. The fraction of sp³-hybridized carbons (Fsp3) is 0.154. The van der Waals surface area contributed by atoms with Crippen molar-refractivity contribution in [2.75, 3.05) is 21.3 Å². The summed E-state index contributed by atoms with van der Waals surface area (Å²) in [5.74, 6) is 2.22. The molecule has 5 aromatic rings. The molecule has 0 saturated heterocycles. The van der Waals surface area contributed by atoms with Crippen molar-refractivity contribution in [3.8, 4) is 39.5 Å². The van der Waals surface area contributed by atoms with Gasteiger partial charge in [-0.25, -0.2) is 4.98 Å². The fourth-order valence-electron chi connectivity index (χ4n) is 3.92. The molecule has 0 saturated carbocycles. The number of aromatic amines is 1. The maximum Gasteiger partial charge on any atom is 0.161 e. The van der Waals surface area contributed by atoms with E-state index < -0.39 is 0 Å². The van der Waals surface area contributed by atoms with Gasteiger partial charge in [-0.05, 0) is 41.5 Å². The highest BCUT2D eigenvalue weighted by Crippen LogP contribution is 2.35. The van der Waals surface area contributed by atoms with Crippen LogP contribution < -0.4 is 14.2 Å². The number of hydrogen-bond acceptors (Lipinski definition) is 5. The molecule has 0 aliphatic carbocycles. The molecule has 2 aromatic carbocycles. The normalized spacial score (nSPS) is 11.0. The summed E-state index contributed by atoms with van der Waals surface area (Å²) in [5, 5.41) is 5.59. The molecule has 33 heavy (non-hydrogen) atoms. The van der Waals surface area contributed by atoms with Crippen LogP contribution in [0.2, 0.25) is 0 Å². The molecule has 0 bridgehead atoms. The maximum atomic E-state index is 5.46. The van der Waals surface area contributed by atoms with Gasteiger partial charge in [0.25, 0.3) is 0 Å². The highest BCUT2D eigenvalue weighted by molar-refractivity contribution is 5.95. The summed E-state index contributed by atoms with van der Waals surface area (Å²) in [6, 6.07) is 16.0. The third kappa shape index (κ3) is 4.01. The molecule has 7 nitrogen and oxygen atoms in total. The zero-order valence-electron chi connectivity index (χ0n) is 18.7. The third-order valence-corrected chi connectivity index (χ3v) is 5.70. The Labute approximate surface area is 191 Å². The van der Waals surface area contributed by atoms with Gasteiger partial charge in [-0.15, -0.1) is 0 Å². The van der Waals surface area contributed by atoms with Crippen LogP contribution in [0, 0.1) is 0 Å². The van der Waals surface area contributed by atoms with E-state index in [-0.39, 0.29) is 0 Å². The van der Waals surface area contributed by atoms with E-state index in [1.807, 2.05) is 65.7 Å². The highest BCUT2D eigenvalue weighted by Gasteiger charge is 2.13. The highest BCUT2D eigenvalue weighted by atomic mass is 16.5. The maximum absolute atomic E-state index is 5.46. The number of ether oxygens (including phenoxy) is 3. The van der Waals surface area contributed by atoms with E-state index in [0.29, 0.717) is 18.0 Å². The van der Waals surface area contributed by atoms with Gasteiger partial charge < -0.3 is 19.2 Å². The lowest BCUT2D eigenvalue weighted by molar-refractivity contribution is 0.355. The van der Waals surface area contributed by atoms with Gasteiger partial charge in [-0.3, -0.25) is 4.68 Å². The first kappa shape index (κ1) is 20.6. The zero-order chi connectivity index (χ0) is 22.8. The average Bonchev–Trinajstić information content (AvgIpc) is 3.50. The van der Waals surface area contributed by atoms with E-state index >= 15 is 0 Å². The number of fused-ring (bicyclic) bond motifs is 1. The lowest BCUT2D eigenvalue weighted by Gasteiger charge is -2.09. The number of pyridine rings is 1. The van der Waals surface area contributed by atoms with Crippen LogP contribution in [-0.4, -0.2) is 41.1 Å². The topological polar surface area (TPSA) is 74.2 Å². The first-order valence-electron chi connectivity index (χ1n) is 10.5. The molecule has 0 unspecified atom stereocenters. The molecule has 0 radical (unpaired) electrons. The molecular weight excluding hydrogens is 416 g/mol. The second-order valence-corrected chi connectivity index (χ2v) is 7.67. The molecular formula is C26H24N4O3. The van der Waals surface area contributed by atoms with Crippen LogP contribution in [0.15, 0.2) is 73.3 Å². The smallest absolute Gasteiger partial charge is 0.161 e. The van der Waals surface area contributed by atoms with Gasteiger partial charge in [0.1, 0.15) is 11.4 Å². The Morgan fingerprint density at radius 2 is 1.64 bits per heavy atom. The minimum atomic E-state index is 0.682. The van der Waals surface area contributed by atoms with Crippen molar-refractivity contribution in [1.82, 2.24) is 19.7 Å². The van der Waals surface area contributed by atoms with Crippen LogP contribution in [0.5, 0.6) is 17.2 Å². The van der Waals surface area contributed by atoms with E-state index in [1.165, 1.54) is 0 Å². The number of hydrogen-bond donors (Lipinski definition) is 1. The monoisotopic (exact) mass is 440 g/mol. The van der Waals surface area contributed by atoms with Gasteiger partial charge in [0, 0.05) is 40.7 Å². The van der Waals surface area contributed by atoms with Crippen LogP contribution in [0.4, 0.5) is 0 Å². The van der Waals surface area contributed by atoms with Gasteiger partial charge in [-0.2, -0.15) is 5.10 Å². The Balaban J connectivity index is 1.46. The first-order valence-corrected chi connectivity index (χ1v) is 10.5. The summed E-state index contributed by atoms with van der Waals surface area (Å²) in [6.45, 7) is 0.682. The summed E-state index contributed by atoms with van der Waals surface area (Å²) in [6.07, 6.45) is 7.77. The third-order valence-electron chi connectivity index (χ3n) is 5.70. The second-order valence-electron chi connectivity index (χ2n) is 7.67. The Bertz CT molecular complexity index is 1400. The summed E-state index contributed by atoms with van der Waals surface area (Å²) in [5.41, 5.74) is 6.07. The Hall–Kier alpha value is -4.26. The van der Waals surface area contributed by atoms with E-state index in [1.54, 1.807) is 21.3 Å². The molecule has 1 N–H and O–H groups in total. The predicted molar refractivity (Wildman–Crippen MR) is 128 cm³/mol. The molecule has 0 aliphatic heterocycles. The van der Waals surface area contributed by atoms with Crippen molar-refractivity contribution in [1.29, 1.82) is 0 Å². The molecule has 0 amide bonds. The molecule has 0 aliphatic rings. The van der Waals surface area contributed by atoms with Crippen LogP contribution in [-0.2, 0) is 6.54 Å². The van der Waals surface area contributed by atoms with E-state index in [2.05, 4.69) is 27.3 Å². The average molecular weight is 441 g/mol. The van der Waals surface area contributed by atoms with Gasteiger partial charge in [0.05, 0.1) is 34.1 Å². The van der Waals surface area contributed by atoms with Gasteiger partial charge in [0.2, 0.25) is 0 Å². The number of benzene rings is 2. The lowest BCUT2D eigenvalue weighted by atomic mass is 10.0. The fourth-order valence-corrected chi connectivity index (χ4v) is 3.92. The largest absolute Gasteiger partial charge is 0.497 e. The number of aromatic nitrogens is 4. The molecule has 0 spiro atoms. The summed E-state index contributed by atoms with van der Waals surface area (Å²) < 4.78 is 18.0. The molecule has 5 rings (SSSR count). The number of H-pyrrole nitrogens is 1. The second kappa shape index (κ2) is 8.70. The van der Waals surface area contributed by atoms with Crippen molar-refractivity contribution < 1.29 is 14.2 Å². The number of nitrogens with zero attached hydrogens (tertiary/aromatic N) is 3. The van der Waals surface area contributed by atoms with E-state index in [4.69, 9.17) is 14.2 Å². The molecule has 3 heterocycles. The first-order chi connectivity index (χ1) is 16.2. The lowest BCUT2D eigenvalue weighted by Crippen LogP contribution is -1.99. The number of rotatable bonds is 7. The number of nitrogens with one attached hydrogen (secondary N) is 1. The predicted octanol–water partition coefficient (Wildman–Crippen LogP) is 5.17. The number of methoxy groups -OCH3 is 3. The van der Waals surface area contributed by atoms with Crippen LogP contribution >= 0.6 is 0 Å². The summed E-state index contributed by atoms with van der Waals surface area (Å²) in [4.78, 5) is 7.90. The van der Waals surface area contributed by atoms with E-state index in [0.717, 1.165) is 44.6 Å². The van der Waals surface area contributed by atoms with Crippen LogP contribution in [0.3, 0.4) is 0 Å². The van der Waals surface area contributed by atoms with Crippen molar-refractivity contribution in [3.63, 3.8) is 0 Å². The minimum Gasteiger partial charge on any atom is -0.497 e. The Kier molecular flexibility index (Phi) is 5.44. The standard InChI is InChI=1S/C26H24N4O3/c1-31-21-7-4-17(5-8-21)15-30-16-20(13-29-30)23-14-28-26-22(23)10-19(12-27-26)18-6-9-24(32-2)25(11-18)33-3/h4-14,16H,15H2,1-3H3,(H,27,28). The van der Waals surface area contributed by atoms with Gasteiger partial charge >= 0.3 is 0 Å². The van der Waals surface area contributed by atoms with Crippen molar-refractivity contribution in [2.24, 2.45) is 0 Å². The van der Waals surface area contributed by atoms with Crippen molar-refractivity contribution in [2.45, 2.75) is 6.54 Å². The SMILES string of the molecule is COc1ccc(Cn2cc(-c3c[nH]c4ncc(-c5ccc(OC)c(OC)c5)cc34)cn2)cc1. The summed E-state index contributed by atoms with van der Waals surface area (Å²) in [7, 11) is 4.93. The van der Waals surface area contributed by atoms with Crippen molar-refractivity contribution >= 4 is 11.0 Å². The van der Waals surface area contributed by atoms with E-state index in [9.17, 15) is 0 Å². The van der Waals surface area contributed by atoms with Gasteiger partial charge in [0.15, 0.2) is 11.5 Å². The molecule has 3 aromatic heterocycles. The van der Waals surface area contributed by atoms with Crippen LogP contribution in [0.1, 0.15) is 5.56 Å². The minimum absolute atomic E-state index is 0.682. The van der Waals surface area contributed by atoms with Crippen molar-refractivity contribution in [3.05, 3.63) is 78.9 Å². The van der Waals surface area contributed by atoms with Gasteiger partial charge in [-0.1, -0.05) is 18.2 Å². The molecule has 0 atom stereocenters. The molecule has 0 fully saturated rings. The zero-order valence-corrected chi connectivity index (χ0v) is 18.7.